The van der Waals surface area contributed by atoms with E-state index in [1.54, 1.807) is 12.1 Å². The molecule has 0 spiro atoms. The van der Waals surface area contributed by atoms with Gasteiger partial charge in [-0.1, -0.05) is 6.07 Å². The van der Waals surface area contributed by atoms with Gasteiger partial charge in [-0.25, -0.2) is 9.78 Å². The van der Waals surface area contributed by atoms with Crippen LogP contribution < -0.4 is 5.32 Å². The van der Waals surface area contributed by atoms with Gasteiger partial charge in [0.15, 0.2) is 0 Å². The fourth-order valence-corrected chi connectivity index (χ4v) is 1.93. The van der Waals surface area contributed by atoms with Crippen LogP contribution in [0.25, 0.3) is 0 Å². The van der Waals surface area contributed by atoms with Crippen LogP contribution in [0, 0.1) is 5.95 Å². The summed E-state index contributed by atoms with van der Waals surface area (Å²) < 4.78 is 18.3. The van der Waals surface area contributed by atoms with Crippen molar-refractivity contribution in [1.29, 1.82) is 0 Å². The third-order valence-electron chi connectivity index (χ3n) is 3.08. The molecule has 0 unspecified atom stereocenters. The number of carbonyl (C=O) groups is 1. The molecule has 1 heterocycles. The van der Waals surface area contributed by atoms with Crippen LogP contribution in [0.1, 0.15) is 39.3 Å². The van der Waals surface area contributed by atoms with E-state index in [2.05, 4.69) is 10.3 Å². The molecule has 0 atom stereocenters. The molecule has 1 saturated carbocycles. The van der Waals surface area contributed by atoms with E-state index >= 15 is 0 Å². The minimum Gasteiger partial charge on any atom is -0.444 e. The van der Waals surface area contributed by atoms with Gasteiger partial charge in [0.05, 0.1) is 5.69 Å². The van der Waals surface area contributed by atoms with E-state index in [0.29, 0.717) is 12.2 Å². The maximum absolute atomic E-state index is 13.1. The lowest BCUT2D eigenvalue weighted by Gasteiger charge is -2.21. The minimum absolute atomic E-state index is 0.223. The van der Waals surface area contributed by atoms with E-state index in [1.807, 2.05) is 20.8 Å². The summed E-state index contributed by atoms with van der Waals surface area (Å²) in [6.45, 7) is 5.87. The molecule has 1 aromatic heterocycles. The summed E-state index contributed by atoms with van der Waals surface area (Å²) in [6, 6.07) is 4.76. The third kappa shape index (κ3) is 3.66. The third-order valence-corrected chi connectivity index (χ3v) is 3.08. The largest absolute Gasteiger partial charge is 0.444 e. The van der Waals surface area contributed by atoms with Gasteiger partial charge in [0.1, 0.15) is 5.60 Å². The molecule has 1 aromatic rings. The van der Waals surface area contributed by atoms with E-state index in [0.717, 1.165) is 12.8 Å². The number of rotatable bonds is 3. The molecule has 1 amide bonds. The molecule has 4 nitrogen and oxygen atoms in total. The summed E-state index contributed by atoms with van der Waals surface area (Å²) in [6.07, 6.45) is 1.36. The summed E-state index contributed by atoms with van der Waals surface area (Å²) in [4.78, 5) is 15.5. The van der Waals surface area contributed by atoms with E-state index in [1.165, 1.54) is 6.07 Å². The zero-order chi connectivity index (χ0) is 14.1. The molecule has 0 aliphatic heterocycles. The van der Waals surface area contributed by atoms with Crippen LogP contribution in [0.3, 0.4) is 0 Å². The highest BCUT2D eigenvalue weighted by Crippen LogP contribution is 2.46. The van der Waals surface area contributed by atoms with Gasteiger partial charge in [0.2, 0.25) is 5.95 Å². The average molecular weight is 266 g/mol. The van der Waals surface area contributed by atoms with Crippen molar-refractivity contribution in [3.63, 3.8) is 0 Å². The second kappa shape index (κ2) is 4.79. The van der Waals surface area contributed by atoms with Crippen LogP contribution in [0.2, 0.25) is 0 Å². The first-order valence-electron chi connectivity index (χ1n) is 6.41. The molecule has 0 aromatic carbocycles. The highest BCUT2D eigenvalue weighted by Gasteiger charge is 2.46. The molecular weight excluding hydrogens is 247 g/mol. The van der Waals surface area contributed by atoms with Gasteiger partial charge in [-0.15, -0.1) is 0 Å². The molecule has 1 aliphatic rings. The Bertz CT molecular complexity index is 479. The lowest BCUT2D eigenvalue weighted by Crippen LogP contribution is -2.37. The van der Waals surface area contributed by atoms with Crippen molar-refractivity contribution in [3.8, 4) is 0 Å². The van der Waals surface area contributed by atoms with Gasteiger partial charge in [-0.2, -0.15) is 4.39 Å². The number of ether oxygens (including phenoxy) is 1. The minimum atomic E-state index is -0.516. The predicted octanol–water partition coefficient (Wildman–Crippen LogP) is 2.78. The highest BCUT2D eigenvalue weighted by atomic mass is 19.1. The lowest BCUT2D eigenvalue weighted by molar-refractivity contribution is 0.0522. The average Bonchev–Trinajstić information content (AvgIpc) is 3.05. The van der Waals surface area contributed by atoms with Gasteiger partial charge in [-0.05, 0) is 45.7 Å². The van der Waals surface area contributed by atoms with Gasteiger partial charge < -0.3 is 10.1 Å². The van der Waals surface area contributed by atoms with Gasteiger partial charge in [-0.3, -0.25) is 0 Å². The Kier molecular flexibility index (Phi) is 3.47. The first kappa shape index (κ1) is 13.8. The summed E-state index contributed by atoms with van der Waals surface area (Å²) in [5.74, 6) is -0.485. The number of pyridine rings is 1. The summed E-state index contributed by atoms with van der Waals surface area (Å²) in [7, 11) is 0. The number of amides is 1. The molecule has 19 heavy (non-hydrogen) atoms. The second-order valence-corrected chi connectivity index (χ2v) is 5.98. The number of hydrogen-bond acceptors (Lipinski definition) is 3. The number of nitrogens with zero attached hydrogens (tertiary/aromatic N) is 1. The molecule has 5 heteroatoms. The lowest BCUT2D eigenvalue weighted by atomic mass is 10.0. The van der Waals surface area contributed by atoms with E-state index in [4.69, 9.17) is 4.74 Å². The molecule has 1 fully saturated rings. The number of nitrogens with one attached hydrogen (secondary N) is 1. The molecule has 0 radical (unpaired) electrons. The van der Waals surface area contributed by atoms with Crippen molar-refractivity contribution in [1.82, 2.24) is 10.3 Å². The van der Waals surface area contributed by atoms with Gasteiger partial charge >= 0.3 is 6.09 Å². The fraction of sp³-hybridized carbons (Fsp3) is 0.571. The number of aromatic nitrogens is 1. The normalized spacial score (nSPS) is 16.8. The second-order valence-electron chi connectivity index (χ2n) is 5.98. The Morgan fingerprint density at radius 2 is 2.16 bits per heavy atom. The maximum Gasteiger partial charge on any atom is 0.407 e. The molecule has 0 bridgehead atoms. The Balaban J connectivity index is 1.94. The monoisotopic (exact) mass is 266 g/mol. The van der Waals surface area contributed by atoms with Crippen LogP contribution in [-0.4, -0.2) is 23.2 Å². The van der Waals surface area contributed by atoms with E-state index in [-0.39, 0.29) is 5.41 Å². The van der Waals surface area contributed by atoms with Gasteiger partial charge in [0.25, 0.3) is 0 Å². The van der Waals surface area contributed by atoms with Crippen LogP contribution in [0.5, 0.6) is 0 Å². The van der Waals surface area contributed by atoms with Crippen LogP contribution >= 0.6 is 0 Å². The SMILES string of the molecule is CC(C)(C)OC(=O)NCC1(c2cccc(F)n2)CC1. The van der Waals surface area contributed by atoms with E-state index < -0.39 is 17.6 Å². The summed E-state index contributed by atoms with van der Waals surface area (Å²) in [5, 5.41) is 2.74. The van der Waals surface area contributed by atoms with Crippen molar-refractivity contribution in [2.75, 3.05) is 6.54 Å². The maximum atomic E-state index is 13.1. The predicted molar refractivity (Wildman–Crippen MR) is 69.3 cm³/mol. The van der Waals surface area contributed by atoms with Crippen molar-refractivity contribution in [2.24, 2.45) is 0 Å². The topological polar surface area (TPSA) is 51.2 Å². The fourth-order valence-electron chi connectivity index (χ4n) is 1.93. The first-order chi connectivity index (χ1) is 8.81. The zero-order valence-electron chi connectivity index (χ0n) is 11.5. The Morgan fingerprint density at radius 1 is 1.47 bits per heavy atom. The number of hydrogen-bond donors (Lipinski definition) is 1. The Labute approximate surface area is 112 Å². The molecule has 104 valence electrons. The van der Waals surface area contributed by atoms with Crippen molar-refractivity contribution < 1.29 is 13.9 Å². The van der Waals surface area contributed by atoms with Crippen molar-refractivity contribution >= 4 is 6.09 Å². The van der Waals surface area contributed by atoms with Crippen LogP contribution in [-0.2, 0) is 10.2 Å². The smallest absolute Gasteiger partial charge is 0.407 e. The highest BCUT2D eigenvalue weighted by molar-refractivity contribution is 5.68. The number of carbonyl (C=O) groups excluding carboxylic acids is 1. The molecule has 2 rings (SSSR count). The molecular formula is C14H19FN2O2. The molecule has 1 N–H and O–H groups in total. The van der Waals surface area contributed by atoms with Gasteiger partial charge in [0, 0.05) is 12.0 Å². The Hall–Kier alpha value is -1.65. The standard InChI is InChI=1S/C14H19FN2O2/c1-13(2,3)19-12(18)16-9-14(7-8-14)10-5-4-6-11(15)17-10/h4-6H,7-9H2,1-3H3,(H,16,18). The number of alkyl carbamates (subject to hydrolysis) is 1. The van der Waals surface area contributed by atoms with Crippen LogP contribution in [0.15, 0.2) is 18.2 Å². The van der Waals surface area contributed by atoms with Crippen molar-refractivity contribution in [3.05, 3.63) is 29.8 Å². The van der Waals surface area contributed by atoms with E-state index in [9.17, 15) is 9.18 Å². The summed E-state index contributed by atoms with van der Waals surface area (Å²) in [5.41, 5.74) is -0.0414. The quantitative estimate of drug-likeness (QED) is 0.856. The molecule has 1 aliphatic carbocycles. The zero-order valence-corrected chi connectivity index (χ0v) is 11.5. The Morgan fingerprint density at radius 3 is 2.68 bits per heavy atom. The summed E-state index contributed by atoms with van der Waals surface area (Å²) >= 11 is 0. The number of halogens is 1. The molecule has 0 saturated heterocycles. The van der Waals surface area contributed by atoms with Crippen LogP contribution in [0.4, 0.5) is 9.18 Å². The first-order valence-corrected chi connectivity index (χ1v) is 6.41. The van der Waals surface area contributed by atoms with Crippen molar-refractivity contribution in [2.45, 2.75) is 44.6 Å².